The van der Waals surface area contributed by atoms with Crippen LogP contribution in [0.1, 0.15) is 12.1 Å². The molecule has 20 heavy (non-hydrogen) atoms. The molecule has 0 aromatic carbocycles. The summed E-state index contributed by atoms with van der Waals surface area (Å²) in [5.74, 6) is 0.00183. The molecule has 112 valence electrons. The molecule has 0 saturated carbocycles. The van der Waals surface area contributed by atoms with E-state index in [9.17, 15) is 4.79 Å². The number of aryl methyl sites for hydroxylation is 1. The SMILES string of the molecule is Cc1nn(CC(=O)NCCCN2CCOCC2)cc1Br. The lowest BCUT2D eigenvalue weighted by molar-refractivity contribution is -0.121. The molecular formula is C13H21BrN4O2. The Morgan fingerprint density at radius 2 is 2.25 bits per heavy atom. The number of carbonyl (C=O) groups excluding carboxylic acids is 1. The van der Waals surface area contributed by atoms with Gasteiger partial charge >= 0.3 is 0 Å². The van der Waals surface area contributed by atoms with Gasteiger partial charge in [0.25, 0.3) is 0 Å². The summed E-state index contributed by atoms with van der Waals surface area (Å²) in [5.41, 5.74) is 0.894. The summed E-state index contributed by atoms with van der Waals surface area (Å²) in [7, 11) is 0. The number of amides is 1. The quantitative estimate of drug-likeness (QED) is 0.775. The number of aromatic nitrogens is 2. The number of nitrogens with zero attached hydrogens (tertiary/aromatic N) is 3. The smallest absolute Gasteiger partial charge is 0.241 e. The van der Waals surface area contributed by atoms with Gasteiger partial charge in [-0.2, -0.15) is 5.10 Å². The van der Waals surface area contributed by atoms with Gasteiger partial charge in [0.1, 0.15) is 6.54 Å². The van der Waals surface area contributed by atoms with Crippen molar-refractivity contribution >= 4 is 21.8 Å². The molecule has 6 nitrogen and oxygen atoms in total. The molecule has 2 rings (SSSR count). The Bertz CT molecular complexity index is 424. The van der Waals surface area contributed by atoms with Gasteiger partial charge in [-0.15, -0.1) is 0 Å². The lowest BCUT2D eigenvalue weighted by Crippen LogP contribution is -2.38. The van der Waals surface area contributed by atoms with E-state index < -0.39 is 0 Å². The fourth-order valence-electron chi connectivity index (χ4n) is 2.13. The maximum absolute atomic E-state index is 11.8. The molecule has 7 heteroatoms. The number of carbonyl (C=O) groups is 1. The minimum atomic E-state index is 0.00183. The van der Waals surface area contributed by atoms with Gasteiger partial charge in [0.2, 0.25) is 5.91 Å². The van der Waals surface area contributed by atoms with Crippen molar-refractivity contribution in [3.63, 3.8) is 0 Å². The number of hydrogen-bond donors (Lipinski definition) is 1. The molecule has 1 N–H and O–H groups in total. The second-order valence-corrected chi connectivity index (χ2v) is 5.77. The minimum Gasteiger partial charge on any atom is -0.379 e. The number of nitrogens with one attached hydrogen (secondary N) is 1. The molecule has 0 aliphatic carbocycles. The molecule has 0 spiro atoms. The van der Waals surface area contributed by atoms with Gasteiger partial charge in [-0.25, -0.2) is 0 Å². The van der Waals surface area contributed by atoms with Crippen molar-refractivity contribution in [2.75, 3.05) is 39.4 Å². The average Bonchev–Trinajstić information content (AvgIpc) is 2.74. The Morgan fingerprint density at radius 3 is 2.90 bits per heavy atom. The normalized spacial score (nSPS) is 16.3. The summed E-state index contributed by atoms with van der Waals surface area (Å²) < 4.78 is 7.88. The summed E-state index contributed by atoms with van der Waals surface area (Å²) in [5, 5.41) is 7.17. The lowest BCUT2D eigenvalue weighted by atomic mass is 10.3. The Morgan fingerprint density at radius 1 is 1.50 bits per heavy atom. The third-order valence-electron chi connectivity index (χ3n) is 3.27. The first-order chi connectivity index (χ1) is 9.65. The van der Waals surface area contributed by atoms with E-state index in [4.69, 9.17) is 4.74 Å². The van der Waals surface area contributed by atoms with E-state index in [1.807, 2.05) is 13.1 Å². The van der Waals surface area contributed by atoms with Crippen molar-refractivity contribution in [2.45, 2.75) is 19.9 Å². The first-order valence-electron chi connectivity index (χ1n) is 6.91. The molecule has 2 heterocycles. The van der Waals surface area contributed by atoms with Crippen LogP contribution >= 0.6 is 15.9 Å². The highest BCUT2D eigenvalue weighted by atomic mass is 79.9. The molecule has 1 aliphatic rings. The van der Waals surface area contributed by atoms with Gasteiger partial charge in [0.15, 0.2) is 0 Å². The molecular weight excluding hydrogens is 324 g/mol. The van der Waals surface area contributed by atoms with Gasteiger partial charge in [-0.1, -0.05) is 0 Å². The summed E-state index contributed by atoms with van der Waals surface area (Å²) >= 11 is 3.38. The monoisotopic (exact) mass is 344 g/mol. The number of morpholine rings is 1. The number of ether oxygens (including phenoxy) is 1. The predicted octanol–water partition coefficient (Wildman–Crippen LogP) is 0.793. The third kappa shape index (κ3) is 4.88. The minimum absolute atomic E-state index is 0.00183. The number of rotatable bonds is 6. The van der Waals surface area contributed by atoms with Crippen molar-refractivity contribution < 1.29 is 9.53 Å². The molecule has 0 unspecified atom stereocenters. The van der Waals surface area contributed by atoms with Crippen LogP contribution in [0.4, 0.5) is 0 Å². The van der Waals surface area contributed by atoms with E-state index in [0.29, 0.717) is 6.54 Å². The van der Waals surface area contributed by atoms with Gasteiger partial charge in [0.05, 0.1) is 23.4 Å². The number of hydrogen-bond acceptors (Lipinski definition) is 4. The fourth-order valence-corrected chi connectivity index (χ4v) is 2.45. The fraction of sp³-hybridized carbons (Fsp3) is 0.692. The summed E-state index contributed by atoms with van der Waals surface area (Å²) in [6.07, 6.45) is 2.79. The molecule has 0 atom stereocenters. The van der Waals surface area contributed by atoms with Crippen LogP contribution in [0, 0.1) is 6.92 Å². The summed E-state index contributed by atoms with van der Waals surface area (Å²) in [4.78, 5) is 14.1. The molecule has 1 amide bonds. The molecule has 0 radical (unpaired) electrons. The van der Waals surface area contributed by atoms with Crippen LogP contribution in [-0.2, 0) is 16.1 Å². The van der Waals surface area contributed by atoms with Crippen molar-refractivity contribution in [2.24, 2.45) is 0 Å². The maximum atomic E-state index is 11.8. The van der Waals surface area contributed by atoms with E-state index in [-0.39, 0.29) is 12.5 Å². The third-order valence-corrected chi connectivity index (χ3v) is 4.05. The number of halogens is 1. The van der Waals surface area contributed by atoms with E-state index in [2.05, 4.69) is 31.2 Å². The average molecular weight is 345 g/mol. The highest BCUT2D eigenvalue weighted by molar-refractivity contribution is 9.10. The Balaban J connectivity index is 1.60. The topological polar surface area (TPSA) is 59.4 Å². The predicted molar refractivity (Wildman–Crippen MR) is 79.5 cm³/mol. The van der Waals surface area contributed by atoms with Crippen molar-refractivity contribution in [3.8, 4) is 0 Å². The zero-order valence-electron chi connectivity index (χ0n) is 11.8. The molecule has 1 aromatic heterocycles. The van der Waals surface area contributed by atoms with E-state index in [1.54, 1.807) is 4.68 Å². The lowest BCUT2D eigenvalue weighted by Gasteiger charge is -2.26. The standard InChI is InChI=1S/C13H21BrN4O2/c1-11-12(14)9-18(16-11)10-13(19)15-3-2-4-17-5-7-20-8-6-17/h9H,2-8,10H2,1H3,(H,15,19). The zero-order chi connectivity index (χ0) is 14.4. The van der Waals surface area contributed by atoms with Gasteiger partial charge < -0.3 is 10.1 Å². The van der Waals surface area contributed by atoms with Crippen LogP contribution in [-0.4, -0.2) is 60.0 Å². The van der Waals surface area contributed by atoms with Gasteiger partial charge in [-0.05, 0) is 35.8 Å². The Hall–Kier alpha value is -0.920. The van der Waals surface area contributed by atoms with Gasteiger partial charge in [0, 0.05) is 25.8 Å². The van der Waals surface area contributed by atoms with Crippen molar-refractivity contribution in [1.82, 2.24) is 20.0 Å². The van der Waals surface area contributed by atoms with Crippen LogP contribution in [0.3, 0.4) is 0 Å². The van der Waals surface area contributed by atoms with Crippen molar-refractivity contribution in [3.05, 3.63) is 16.4 Å². The van der Waals surface area contributed by atoms with Gasteiger partial charge in [-0.3, -0.25) is 14.4 Å². The second-order valence-electron chi connectivity index (χ2n) is 4.92. The van der Waals surface area contributed by atoms with E-state index in [0.717, 1.165) is 49.4 Å². The zero-order valence-corrected chi connectivity index (χ0v) is 13.4. The van der Waals surface area contributed by atoms with Crippen LogP contribution in [0.2, 0.25) is 0 Å². The largest absolute Gasteiger partial charge is 0.379 e. The Labute approximate surface area is 127 Å². The van der Waals surface area contributed by atoms with E-state index in [1.165, 1.54) is 0 Å². The molecule has 0 bridgehead atoms. The van der Waals surface area contributed by atoms with Crippen LogP contribution < -0.4 is 5.32 Å². The highest BCUT2D eigenvalue weighted by Gasteiger charge is 2.10. The molecule has 1 fully saturated rings. The first kappa shape index (κ1) is 15.5. The summed E-state index contributed by atoms with van der Waals surface area (Å²) in [6, 6.07) is 0. The van der Waals surface area contributed by atoms with Crippen molar-refractivity contribution in [1.29, 1.82) is 0 Å². The highest BCUT2D eigenvalue weighted by Crippen LogP contribution is 2.12. The van der Waals surface area contributed by atoms with Crippen LogP contribution in [0.5, 0.6) is 0 Å². The van der Waals surface area contributed by atoms with E-state index >= 15 is 0 Å². The molecule has 1 aliphatic heterocycles. The second kappa shape index (κ2) is 7.75. The molecule has 1 saturated heterocycles. The van der Waals surface area contributed by atoms with Crippen LogP contribution in [0.25, 0.3) is 0 Å². The Kier molecular flexibility index (Phi) is 6.00. The van der Waals surface area contributed by atoms with Crippen LogP contribution in [0.15, 0.2) is 10.7 Å². The first-order valence-corrected chi connectivity index (χ1v) is 7.71. The molecule has 1 aromatic rings. The summed E-state index contributed by atoms with van der Waals surface area (Å²) in [6.45, 7) is 7.52. The maximum Gasteiger partial charge on any atom is 0.241 e.